The van der Waals surface area contributed by atoms with Crippen LogP contribution in [0.25, 0.3) is 10.1 Å². The molecule has 2 rings (SSSR count). The maximum atomic E-state index is 14.1. The zero-order valence-corrected chi connectivity index (χ0v) is 15.6. The third-order valence-electron chi connectivity index (χ3n) is 3.78. The summed E-state index contributed by atoms with van der Waals surface area (Å²) in [5, 5.41) is 3.44. The zero-order valence-electron chi connectivity index (χ0n) is 13.9. The molecule has 0 spiro atoms. The maximum absolute atomic E-state index is 14.1. The minimum atomic E-state index is -0.328. The topological polar surface area (TPSA) is 64.3 Å². The molecule has 1 aromatic heterocycles. The highest BCUT2D eigenvalue weighted by Gasteiger charge is 2.22. The number of nitrogens with one attached hydrogen (secondary N) is 1. The van der Waals surface area contributed by atoms with Crippen molar-refractivity contribution in [1.29, 1.82) is 0 Å². The second-order valence-corrected chi connectivity index (χ2v) is 6.56. The van der Waals surface area contributed by atoms with Gasteiger partial charge in [-0.1, -0.05) is 25.8 Å². The summed E-state index contributed by atoms with van der Waals surface area (Å²) in [5.41, 5.74) is 6.35. The van der Waals surface area contributed by atoms with E-state index >= 15 is 0 Å². The van der Waals surface area contributed by atoms with Gasteiger partial charge in [0.2, 0.25) is 0 Å². The third-order valence-corrected chi connectivity index (χ3v) is 4.98. The van der Waals surface area contributed by atoms with Gasteiger partial charge in [0, 0.05) is 35.3 Å². The fourth-order valence-corrected chi connectivity index (χ4v) is 3.71. The van der Waals surface area contributed by atoms with Gasteiger partial charge in [0.25, 0.3) is 5.91 Å². The van der Waals surface area contributed by atoms with Crippen molar-refractivity contribution in [2.24, 2.45) is 5.73 Å². The first kappa shape index (κ1) is 20.8. The summed E-state index contributed by atoms with van der Waals surface area (Å²) in [6, 6.07) is 4.81. The van der Waals surface area contributed by atoms with Gasteiger partial charge >= 0.3 is 0 Å². The molecule has 4 nitrogen and oxygen atoms in total. The van der Waals surface area contributed by atoms with Gasteiger partial charge in [0.15, 0.2) is 0 Å². The molecule has 2 aromatic rings. The zero-order chi connectivity index (χ0) is 16.8. The number of methoxy groups -OCH3 is 1. The smallest absolute Gasteiger partial charge is 0.262 e. The molecule has 1 unspecified atom stereocenters. The Morgan fingerprint density at radius 1 is 1.46 bits per heavy atom. The molecule has 24 heavy (non-hydrogen) atoms. The number of fused-ring (bicyclic) bond motifs is 1. The molecule has 1 aromatic carbocycles. The first-order chi connectivity index (χ1) is 11.1. The summed E-state index contributed by atoms with van der Waals surface area (Å²) in [7, 11) is 1.54. The summed E-state index contributed by atoms with van der Waals surface area (Å²) in [5.74, 6) is -0.532. The first-order valence-electron chi connectivity index (χ1n) is 7.82. The molecule has 3 N–H and O–H groups in total. The molecule has 0 aliphatic rings. The normalized spacial score (nSPS) is 12.0. The predicted octanol–water partition coefficient (Wildman–Crippen LogP) is 3.86. The Labute approximate surface area is 152 Å². The molecule has 134 valence electrons. The number of carbonyl (C=O) groups excluding carboxylic acids is 1. The molecule has 1 amide bonds. The van der Waals surface area contributed by atoms with Gasteiger partial charge in [-0.3, -0.25) is 4.79 Å². The van der Waals surface area contributed by atoms with E-state index in [1.807, 2.05) is 6.07 Å². The number of hydrogen-bond donors (Lipinski definition) is 2. The van der Waals surface area contributed by atoms with E-state index in [4.69, 9.17) is 10.5 Å². The summed E-state index contributed by atoms with van der Waals surface area (Å²) in [6.07, 6.45) is 2.90. The number of nitrogens with two attached hydrogens (primary N) is 1. The average Bonchev–Trinajstić information content (AvgIpc) is 2.92. The molecule has 0 aliphatic heterocycles. The molecule has 0 saturated heterocycles. The van der Waals surface area contributed by atoms with Crippen molar-refractivity contribution >= 4 is 39.7 Å². The second-order valence-electron chi connectivity index (χ2n) is 5.50. The molecule has 0 radical (unpaired) electrons. The summed E-state index contributed by atoms with van der Waals surface area (Å²) in [6.45, 7) is 2.69. The lowest BCUT2D eigenvalue weighted by Crippen LogP contribution is -2.40. The molecular formula is C17H24ClFN2O2S. The number of thiophene rings is 1. The van der Waals surface area contributed by atoms with Gasteiger partial charge in [0.05, 0.1) is 11.5 Å². The molecule has 0 aliphatic carbocycles. The standard InChI is InChI=1S/C17H23FN2O2S.ClH/c1-3-4-6-11(9-19)20-17(21)16-12(10-22-2)15-13(18)7-5-8-14(15)23-16;/h5,7-8,11H,3-4,6,9-10,19H2,1-2H3,(H,20,21);1H. The van der Waals surface area contributed by atoms with Gasteiger partial charge in [-0.15, -0.1) is 23.7 Å². The monoisotopic (exact) mass is 374 g/mol. The van der Waals surface area contributed by atoms with E-state index in [-0.39, 0.29) is 36.8 Å². The number of ether oxygens (including phenoxy) is 1. The van der Waals surface area contributed by atoms with E-state index < -0.39 is 0 Å². The van der Waals surface area contributed by atoms with E-state index in [1.165, 1.54) is 24.5 Å². The average molecular weight is 375 g/mol. The Morgan fingerprint density at radius 3 is 2.83 bits per heavy atom. The van der Waals surface area contributed by atoms with Crippen molar-refractivity contribution in [3.63, 3.8) is 0 Å². The second kappa shape index (κ2) is 9.93. The van der Waals surface area contributed by atoms with Crippen LogP contribution in [-0.4, -0.2) is 25.6 Å². The van der Waals surface area contributed by atoms with Crippen LogP contribution in [0, 0.1) is 5.82 Å². The van der Waals surface area contributed by atoms with Crippen molar-refractivity contribution in [2.75, 3.05) is 13.7 Å². The Morgan fingerprint density at radius 2 is 2.21 bits per heavy atom. The van der Waals surface area contributed by atoms with Crippen molar-refractivity contribution < 1.29 is 13.9 Å². The molecule has 1 heterocycles. The van der Waals surface area contributed by atoms with Gasteiger partial charge < -0.3 is 15.8 Å². The number of hydrogen-bond acceptors (Lipinski definition) is 4. The van der Waals surface area contributed by atoms with Crippen molar-refractivity contribution in [1.82, 2.24) is 5.32 Å². The number of unbranched alkanes of at least 4 members (excludes halogenated alkanes) is 1. The van der Waals surface area contributed by atoms with Gasteiger partial charge in [0.1, 0.15) is 5.82 Å². The molecule has 7 heteroatoms. The highest BCUT2D eigenvalue weighted by Crippen LogP contribution is 2.33. The lowest BCUT2D eigenvalue weighted by Gasteiger charge is -2.16. The van der Waals surface area contributed by atoms with Crippen molar-refractivity contribution in [3.05, 3.63) is 34.5 Å². The minimum absolute atomic E-state index is 0. The van der Waals surface area contributed by atoms with E-state index in [9.17, 15) is 9.18 Å². The van der Waals surface area contributed by atoms with Crippen LogP contribution in [0.4, 0.5) is 4.39 Å². The van der Waals surface area contributed by atoms with Crippen LogP contribution >= 0.6 is 23.7 Å². The number of halogens is 2. The Hall–Kier alpha value is -1.21. The number of carbonyl (C=O) groups is 1. The first-order valence-corrected chi connectivity index (χ1v) is 8.63. The third kappa shape index (κ3) is 4.66. The van der Waals surface area contributed by atoms with Crippen molar-refractivity contribution in [2.45, 2.75) is 38.8 Å². The van der Waals surface area contributed by atoms with E-state index in [2.05, 4.69) is 12.2 Å². The fourth-order valence-electron chi connectivity index (χ4n) is 2.58. The Balaban J connectivity index is 0.00000288. The summed E-state index contributed by atoms with van der Waals surface area (Å²) >= 11 is 1.29. The molecule has 0 fully saturated rings. The predicted molar refractivity (Wildman–Crippen MR) is 99.6 cm³/mol. The summed E-state index contributed by atoms with van der Waals surface area (Å²) in [4.78, 5) is 13.1. The van der Waals surface area contributed by atoms with Crippen molar-refractivity contribution in [3.8, 4) is 0 Å². The number of rotatable bonds is 8. The molecule has 0 bridgehead atoms. The quantitative estimate of drug-likeness (QED) is 0.737. The van der Waals surface area contributed by atoms with Crippen LogP contribution in [0.3, 0.4) is 0 Å². The van der Waals surface area contributed by atoms with Crippen LogP contribution in [0.15, 0.2) is 18.2 Å². The van der Waals surface area contributed by atoms with Crippen LogP contribution in [-0.2, 0) is 11.3 Å². The Bertz CT molecular complexity index is 678. The van der Waals surface area contributed by atoms with Crippen LogP contribution < -0.4 is 11.1 Å². The van der Waals surface area contributed by atoms with E-state index in [0.29, 0.717) is 22.4 Å². The SMILES string of the molecule is CCCCC(CN)NC(=O)c1sc2cccc(F)c2c1COC.Cl. The lowest BCUT2D eigenvalue weighted by atomic mass is 10.1. The van der Waals surface area contributed by atoms with Gasteiger partial charge in [-0.2, -0.15) is 0 Å². The number of amides is 1. The maximum Gasteiger partial charge on any atom is 0.262 e. The van der Waals surface area contributed by atoms with Crippen LogP contribution in [0.1, 0.15) is 41.4 Å². The summed E-state index contributed by atoms with van der Waals surface area (Å²) < 4.78 is 20.1. The van der Waals surface area contributed by atoms with Crippen LogP contribution in [0.2, 0.25) is 0 Å². The minimum Gasteiger partial charge on any atom is -0.380 e. The highest BCUT2D eigenvalue weighted by atomic mass is 35.5. The fraction of sp³-hybridized carbons (Fsp3) is 0.471. The lowest BCUT2D eigenvalue weighted by molar-refractivity contribution is 0.0935. The highest BCUT2D eigenvalue weighted by molar-refractivity contribution is 7.21. The number of benzene rings is 1. The molecule has 1 atom stereocenters. The van der Waals surface area contributed by atoms with Gasteiger partial charge in [-0.25, -0.2) is 4.39 Å². The molecular weight excluding hydrogens is 351 g/mol. The van der Waals surface area contributed by atoms with Gasteiger partial charge in [-0.05, 0) is 18.6 Å². The van der Waals surface area contributed by atoms with E-state index in [0.717, 1.165) is 24.0 Å². The van der Waals surface area contributed by atoms with Crippen LogP contribution in [0.5, 0.6) is 0 Å². The molecule has 0 saturated carbocycles. The largest absolute Gasteiger partial charge is 0.380 e. The Kier molecular flexibility index (Phi) is 8.62. The van der Waals surface area contributed by atoms with E-state index in [1.54, 1.807) is 6.07 Å².